The van der Waals surface area contributed by atoms with E-state index >= 15 is 0 Å². The lowest BCUT2D eigenvalue weighted by atomic mass is 9.88. The zero-order valence-electron chi connectivity index (χ0n) is 17.2. The van der Waals surface area contributed by atoms with Gasteiger partial charge in [-0.3, -0.25) is 14.4 Å². The van der Waals surface area contributed by atoms with Crippen molar-refractivity contribution in [3.05, 3.63) is 39.8 Å². The van der Waals surface area contributed by atoms with E-state index in [-0.39, 0.29) is 41.9 Å². The van der Waals surface area contributed by atoms with Crippen LogP contribution in [0.15, 0.2) is 23.0 Å². The minimum atomic E-state index is -0.685. The van der Waals surface area contributed by atoms with Gasteiger partial charge in [0, 0.05) is 56.8 Å². The Morgan fingerprint density at radius 2 is 2.00 bits per heavy atom. The molecule has 0 radical (unpaired) electrons. The van der Waals surface area contributed by atoms with E-state index in [0.29, 0.717) is 24.4 Å². The summed E-state index contributed by atoms with van der Waals surface area (Å²) in [6.07, 6.45) is 6.13. The summed E-state index contributed by atoms with van der Waals surface area (Å²) in [7, 11) is 3.35. The molecule has 4 atom stereocenters. The quantitative estimate of drug-likeness (QED) is 0.808. The smallest absolute Gasteiger partial charge is 0.258 e. The van der Waals surface area contributed by atoms with Crippen molar-refractivity contribution >= 4 is 17.9 Å². The van der Waals surface area contributed by atoms with Crippen LogP contribution in [0.3, 0.4) is 0 Å². The van der Waals surface area contributed by atoms with Gasteiger partial charge in [-0.2, -0.15) is 0 Å². The van der Waals surface area contributed by atoms with Gasteiger partial charge in [0.1, 0.15) is 6.04 Å². The highest BCUT2D eigenvalue weighted by atomic mass is 16.3. The third-order valence-corrected chi connectivity index (χ3v) is 6.59. The number of amides is 2. The topological polar surface area (TPSA) is 82.8 Å². The summed E-state index contributed by atoms with van der Waals surface area (Å²) in [5, 5.41) is 10.2. The van der Waals surface area contributed by atoms with Crippen molar-refractivity contribution in [2.24, 2.45) is 17.8 Å². The molecule has 0 spiro atoms. The Bertz CT molecular complexity index is 915. The maximum absolute atomic E-state index is 13.3. The molecule has 3 aliphatic rings. The molecular formula is C22H29N3O4. The summed E-state index contributed by atoms with van der Waals surface area (Å²) in [6.45, 7) is 2.09. The maximum atomic E-state index is 13.3. The molecule has 0 aromatic carbocycles. The Balaban J connectivity index is 1.80. The van der Waals surface area contributed by atoms with Gasteiger partial charge in [0.2, 0.25) is 11.8 Å². The van der Waals surface area contributed by atoms with Gasteiger partial charge in [0.05, 0.1) is 6.04 Å². The standard InChI is InChI=1S/C22H29N3O4/c1-4-5-14-8-9-17-19-15(11-24(17)21(14)28)16(12-26)20(22(29)23(2)3)25(19)18(27)10-13-6-7-13/h4-5,8-9,13,15-16,19-20,26H,6-7,10-12H2,1-3H3/b5-4-/t15-,16-,19+,20-/m1/s1. The predicted octanol–water partition coefficient (Wildman–Crippen LogP) is 1.26. The van der Waals surface area contributed by atoms with Gasteiger partial charge in [-0.05, 0) is 37.8 Å². The average Bonchev–Trinajstić information content (AvgIpc) is 3.32. The number of carbonyl (C=O) groups excluding carboxylic acids is 2. The number of allylic oxidation sites excluding steroid dienone is 1. The molecule has 1 aromatic heterocycles. The van der Waals surface area contributed by atoms with Gasteiger partial charge in [-0.1, -0.05) is 12.2 Å². The Labute approximate surface area is 170 Å². The fourth-order valence-electron chi connectivity index (χ4n) is 5.01. The monoisotopic (exact) mass is 399 g/mol. The normalized spacial score (nSPS) is 27.9. The lowest BCUT2D eigenvalue weighted by Crippen LogP contribution is -2.50. The van der Waals surface area contributed by atoms with Crippen molar-refractivity contribution in [1.29, 1.82) is 0 Å². The zero-order chi connectivity index (χ0) is 20.9. The van der Waals surface area contributed by atoms with Crippen LogP contribution in [0.1, 0.15) is 43.5 Å². The highest BCUT2D eigenvalue weighted by Gasteiger charge is 2.57. The first-order valence-corrected chi connectivity index (χ1v) is 10.4. The highest BCUT2D eigenvalue weighted by molar-refractivity contribution is 5.89. The predicted molar refractivity (Wildman–Crippen MR) is 109 cm³/mol. The van der Waals surface area contributed by atoms with Gasteiger partial charge in [-0.15, -0.1) is 0 Å². The lowest BCUT2D eigenvalue weighted by Gasteiger charge is -2.32. The maximum Gasteiger partial charge on any atom is 0.258 e. The van der Waals surface area contributed by atoms with Crippen LogP contribution in [-0.2, 0) is 16.1 Å². The molecule has 156 valence electrons. The van der Waals surface area contributed by atoms with E-state index < -0.39 is 6.04 Å². The number of aliphatic hydroxyl groups excluding tert-OH is 1. The van der Waals surface area contributed by atoms with Crippen LogP contribution in [0, 0.1) is 17.8 Å². The Kier molecular flexibility index (Phi) is 5.11. The SMILES string of the molecule is C/C=C\c1ccc2n(c1=O)C[C@@H]1[C@@H](CO)[C@H](C(=O)N(C)C)N(C(=O)CC3CC3)[C@H]21. The molecule has 1 aromatic rings. The second kappa shape index (κ2) is 7.44. The number of carbonyl (C=O) groups is 2. The summed E-state index contributed by atoms with van der Waals surface area (Å²) >= 11 is 0. The first kappa shape index (κ1) is 19.9. The molecule has 2 amide bonds. The van der Waals surface area contributed by atoms with E-state index in [9.17, 15) is 19.5 Å². The van der Waals surface area contributed by atoms with Crippen molar-refractivity contribution in [2.45, 2.75) is 44.8 Å². The third kappa shape index (κ3) is 3.21. The van der Waals surface area contributed by atoms with Crippen molar-refractivity contribution in [3.8, 4) is 0 Å². The molecule has 0 bridgehead atoms. The lowest BCUT2D eigenvalue weighted by molar-refractivity contribution is -0.145. The molecule has 7 heteroatoms. The van der Waals surface area contributed by atoms with Crippen LogP contribution in [0.4, 0.5) is 0 Å². The fraction of sp³-hybridized carbons (Fsp3) is 0.591. The second-order valence-electron chi connectivity index (χ2n) is 8.71. The summed E-state index contributed by atoms with van der Waals surface area (Å²) in [5.41, 5.74) is 1.29. The number of hydrogen-bond acceptors (Lipinski definition) is 4. The van der Waals surface area contributed by atoms with Crippen molar-refractivity contribution in [2.75, 3.05) is 20.7 Å². The molecule has 7 nitrogen and oxygen atoms in total. The molecule has 1 aliphatic carbocycles. The molecule has 3 heterocycles. The minimum absolute atomic E-state index is 0.0444. The van der Waals surface area contributed by atoms with Gasteiger partial charge < -0.3 is 19.5 Å². The van der Waals surface area contributed by atoms with Gasteiger partial charge in [-0.25, -0.2) is 0 Å². The van der Waals surface area contributed by atoms with Crippen LogP contribution >= 0.6 is 0 Å². The Morgan fingerprint density at radius 1 is 1.28 bits per heavy atom. The van der Waals surface area contributed by atoms with E-state index in [0.717, 1.165) is 18.5 Å². The van der Waals surface area contributed by atoms with Gasteiger partial charge in [0.25, 0.3) is 5.56 Å². The van der Waals surface area contributed by atoms with Crippen LogP contribution in [-0.4, -0.2) is 58.0 Å². The van der Waals surface area contributed by atoms with E-state index in [1.54, 1.807) is 35.7 Å². The molecule has 1 saturated heterocycles. The molecule has 4 rings (SSSR count). The van der Waals surface area contributed by atoms with E-state index in [1.165, 1.54) is 4.90 Å². The number of likely N-dealkylation sites (tertiary alicyclic amines) is 1. The Morgan fingerprint density at radius 3 is 2.59 bits per heavy atom. The van der Waals surface area contributed by atoms with Crippen LogP contribution < -0.4 is 5.56 Å². The summed E-state index contributed by atoms with van der Waals surface area (Å²) in [4.78, 5) is 42.4. The Hall–Kier alpha value is -2.41. The van der Waals surface area contributed by atoms with Crippen molar-refractivity contribution in [1.82, 2.24) is 14.4 Å². The molecular weight excluding hydrogens is 370 g/mol. The average molecular weight is 399 g/mol. The summed E-state index contributed by atoms with van der Waals surface area (Å²) < 4.78 is 1.72. The fourth-order valence-corrected chi connectivity index (χ4v) is 5.01. The molecule has 2 fully saturated rings. The molecule has 0 unspecified atom stereocenters. The number of aliphatic hydroxyl groups is 1. The number of nitrogens with zero attached hydrogens (tertiary/aromatic N) is 3. The highest BCUT2D eigenvalue weighted by Crippen LogP contribution is 2.50. The van der Waals surface area contributed by atoms with Crippen LogP contribution in [0.25, 0.3) is 6.08 Å². The minimum Gasteiger partial charge on any atom is -0.396 e. The van der Waals surface area contributed by atoms with Crippen LogP contribution in [0.2, 0.25) is 0 Å². The number of fused-ring (bicyclic) bond motifs is 3. The molecule has 1 N–H and O–H groups in total. The van der Waals surface area contributed by atoms with Gasteiger partial charge in [0.15, 0.2) is 0 Å². The molecule has 29 heavy (non-hydrogen) atoms. The molecule has 2 aliphatic heterocycles. The van der Waals surface area contributed by atoms with E-state index in [2.05, 4.69) is 0 Å². The van der Waals surface area contributed by atoms with Crippen molar-refractivity contribution < 1.29 is 14.7 Å². The molecule has 1 saturated carbocycles. The summed E-state index contributed by atoms with van der Waals surface area (Å²) in [6, 6.07) is 2.65. The first-order chi connectivity index (χ1) is 13.9. The number of aromatic nitrogens is 1. The number of rotatable bonds is 5. The van der Waals surface area contributed by atoms with Crippen LogP contribution in [0.5, 0.6) is 0 Å². The number of likely N-dealkylation sites (N-methyl/N-ethyl adjacent to an activating group) is 1. The van der Waals surface area contributed by atoms with Crippen molar-refractivity contribution in [3.63, 3.8) is 0 Å². The van der Waals surface area contributed by atoms with E-state index in [1.807, 2.05) is 19.1 Å². The van der Waals surface area contributed by atoms with E-state index in [4.69, 9.17) is 0 Å². The number of pyridine rings is 1. The third-order valence-electron chi connectivity index (χ3n) is 6.59. The summed E-state index contributed by atoms with van der Waals surface area (Å²) in [5.74, 6) is -0.350. The first-order valence-electron chi connectivity index (χ1n) is 10.4. The second-order valence-corrected chi connectivity index (χ2v) is 8.71. The van der Waals surface area contributed by atoms with Gasteiger partial charge >= 0.3 is 0 Å². The largest absolute Gasteiger partial charge is 0.396 e. The number of hydrogen-bond donors (Lipinski definition) is 1. The zero-order valence-corrected chi connectivity index (χ0v) is 17.2.